The van der Waals surface area contributed by atoms with Crippen molar-refractivity contribution in [1.29, 1.82) is 0 Å². The number of aromatic nitrogens is 1. The van der Waals surface area contributed by atoms with Crippen molar-refractivity contribution in [1.82, 2.24) is 4.98 Å². The Labute approximate surface area is 138 Å². The second kappa shape index (κ2) is 6.53. The number of carbonyl (C=O) groups is 1. The van der Waals surface area contributed by atoms with E-state index in [2.05, 4.69) is 41.5 Å². The Morgan fingerprint density at radius 2 is 1.87 bits per heavy atom. The lowest BCUT2D eigenvalue weighted by atomic mass is 9.92. The lowest BCUT2D eigenvalue weighted by Gasteiger charge is -2.19. The van der Waals surface area contributed by atoms with Crippen molar-refractivity contribution in [2.24, 2.45) is 5.92 Å². The molecule has 2 unspecified atom stereocenters. The summed E-state index contributed by atoms with van der Waals surface area (Å²) in [5.74, 6) is 0.555. The molecule has 1 aromatic carbocycles. The maximum Gasteiger partial charge on any atom is 0.227 e. The Kier molecular flexibility index (Phi) is 4.46. The molecular formula is C20H24N2O. The summed E-state index contributed by atoms with van der Waals surface area (Å²) in [5, 5.41) is 3.13. The van der Waals surface area contributed by atoms with Crippen LogP contribution in [0.15, 0.2) is 36.5 Å². The van der Waals surface area contributed by atoms with Gasteiger partial charge in [-0.05, 0) is 55.0 Å². The molecule has 1 aliphatic heterocycles. The summed E-state index contributed by atoms with van der Waals surface area (Å²) in [6.07, 6.45) is 4.90. The molecule has 2 atom stereocenters. The van der Waals surface area contributed by atoms with Crippen molar-refractivity contribution in [3.05, 3.63) is 47.8 Å². The van der Waals surface area contributed by atoms with E-state index in [9.17, 15) is 4.79 Å². The number of fused-ring (bicyclic) bond motifs is 4. The van der Waals surface area contributed by atoms with Crippen molar-refractivity contribution in [2.45, 2.75) is 46.0 Å². The molecular weight excluding hydrogens is 284 g/mol. The summed E-state index contributed by atoms with van der Waals surface area (Å²) in [6, 6.07) is 10.4. The number of rotatable bonds is 0. The molecule has 2 aromatic rings. The van der Waals surface area contributed by atoms with Crippen molar-refractivity contribution in [3.63, 3.8) is 0 Å². The molecule has 3 rings (SSSR count). The average molecular weight is 308 g/mol. The van der Waals surface area contributed by atoms with Gasteiger partial charge < -0.3 is 5.32 Å². The molecule has 0 radical (unpaired) electrons. The predicted molar refractivity (Wildman–Crippen MR) is 94.5 cm³/mol. The van der Waals surface area contributed by atoms with Gasteiger partial charge in [-0.3, -0.25) is 9.78 Å². The molecule has 1 amide bonds. The van der Waals surface area contributed by atoms with Crippen LogP contribution in [-0.2, 0) is 4.79 Å². The van der Waals surface area contributed by atoms with Gasteiger partial charge in [0.2, 0.25) is 5.91 Å². The third kappa shape index (κ3) is 3.44. The minimum absolute atomic E-state index is 0.0290. The van der Waals surface area contributed by atoms with Crippen molar-refractivity contribution >= 4 is 11.6 Å². The number of aryl methyl sites for hydroxylation is 1. The fourth-order valence-corrected chi connectivity index (χ4v) is 3.16. The van der Waals surface area contributed by atoms with E-state index in [1.54, 1.807) is 0 Å². The van der Waals surface area contributed by atoms with E-state index in [0.717, 1.165) is 47.3 Å². The van der Waals surface area contributed by atoms with E-state index in [-0.39, 0.29) is 11.8 Å². The summed E-state index contributed by atoms with van der Waals surface area (Å²) in [4.78, 5) is 17.0. The zero-order chi connectivity index (χ0) is 16.4. The number of benzene rings is 1. The Bertz CT molecular complexity index is 723. The summed E-state index contributed by atoms with van der Waals surface area (Å²) in [6.45, 7) is 6.28. The molecule has 0 fully saturated rings. The zero-order valence-corrected chi connectivity index (χ0v) is 14.1. The first-order valence-corrected chi connectivity index (χ1v) is 8.42. The molecule has 0 aliphatic carbocycles. The van der Waals surface area contributed by atoms with Crippen LogP contribution in [0.5, 0.6) is 0 Å². The molecule has 120 valence electrons. The largest absolute Gasteiger partial charge is 0.325 e. The SMILES string of the molecule is Cc1ccc2c(c1)NC(=O)C(C)CCCC(C)c1cc-2ccn1. The molecule has 1 aliphatic rings. The number of pyridine rings is 1. The highest BCUT2D eigenvalue weighted by Crippen LogP contribution is 2.32. The smallest absolute Gasteiger partial charge is 0.227 e. The van der Waals surface area contributed by atoms with Gasteiger partial charge in [0, 0.05) is 29.1 Å². The third-order valence-corrected chi connectivity index (χ3v) is 4.75. The first kappa shape index (κ1) is 15.7. The van der Waals surface area contributed by atoms with E-state index in [0.29, 0.717) is 5.92 Å². The second-order valence-corrected chi connectivity index (χ2v) is 6.74. The van der Waals surface area contributed by atoms with Gasteiger partial charge in [0.05, 0.1) is 0 Å². The van der Waals surface area contributed by atoms with E-state index in [1.165, 1.54) is 0 Å². The van der Waals surface area contributed by atoms with Gasteiger partial charge in [-0.2, -0.15) is 0 Å². The van der Waals surface area contributed by atoms with Crippen LogP contribution in [-0.4, -0.2) is 10.9 Å². The standard InChI is InChI=1S/C20H24N2O/c1-13-7-8-17-16-9-10-21-18(12-16)14(2)5-4-6-15(3)20(23)22-19(17)11-13/h7-12,14-15H,4-6H2,1-3H3,(H,22,23). The van der Waals surface area contributed by atoms with Gasteiger partial charge in [0.25, 0.3) is 0 Å². The predicted octanol–water partition coefficient (Wildman–Crippen LogP) is 4.92. The first-order chi connectivity index (χ1) is 11.0. The van der Waals surface area contributed by atoms with E-state index in [4.69, 9.17) is 0 Å². The maximum absolute atomic E-state index is 12.5. The minimum atomic E-state index is 0.0290. The normalized spacial score (nSPS) is 21.6. The van der Waals surface area contributed by atoms with Crippen molar-refractivity contribution < 1.29 is 4.79 Å². The summed E-state index contributed by atoms with van der Waals surface area (Å²) in [7, 11) is 0. The number of amides is 1. The average Bonchev–Trinajstić information content (AvgIpc) is 2.54. The molecule has 0 saturated carbocycles. The summed E-state index contributed by atoms with van der Waals surface area (Å²) in [5.41, 5.74) is 5.35. The summed E-state index contributed by atoms with van der Waals surface area (Å²) >= 11 is 0. The number of nitrogens with zero attached hydrogens (tertiary/aromatic N) is 1. The first-order valence-electron chi connectivity index (χ1n) is 8.42. The van der Waals surface area contributed by atoms with Crippen LogP contribution in [0.25, 0.3) is 11.1 Å². The molecule has 0 spiro atoms. The van der Waals surface area contributed by atoms with Crippen LogP contribution >= 0.6 is 0 Å². The van der Waals surface area contributed by atoms with Crippen LogP contribution in [0.2, 0.25) is 0 Å². The highest BCUT2D eigenvalue weighted by molar-refractivity contribution is 5.96. The van der Waals surface area contributed by atoms with Gasteiger partial charge in [-0.25, -0.2) is 0 Å². The van der Waals surface area contributed by atoms with Crippen LogP contribution in [0.1, 0.15) is 50.3 Å². The Morgan fingerprint density at radius 3 is 2.70 bits per heavy atom. The lowest BCUT2D eigenvalue weighted by molar-refractivity contribution is -0.119. The fraction of sp³-hybridized carbons (Fsp3) is 0.400. The lowest BCUT2D eigenvalue weighted by Crippen LogP contribution is -2.21. The molecule has 1 N–H and O–H groups in total. The topological polar surface area (TPSA) is 42.0 Å². The molecule has 0 saturated heterocycles. The molecule has 23 heavy (non-hydrogen) atoms. The van der Waals surface area contributed by atoms with E-state index >= 15 is 0 Å². The Morgan fingerprint density at radius 1 is 1.09 bits per heavy atom. The zero-order valence-electron chi connectivity index (χ0n) is 14.1. The Balaban J connectivity index is 2.12. The van der Waals surface area contributed by atoms with Gasteiger partial charge >= 0.3 is 0 Å². The molecule has 3 heteroatoms. The highest BCUT2D eigenvalue weighted by atomic mass is 16.1. The minimum Gasteiger partial charge on any atom is -0.325 e. The monoisotopic (exact) mass is 308 g/mol. The number of hydrogen-bond acceptors (Lipinski definition) is 2. The number of nitrogens with one attached hydrogen (secondary N) is 1. The number of anilines is 1. The quantitative estimate of drug-likeness (QED) is 0.750. The number of hydrogen-bond donors (Lipinski definition) is 1. The van der Waals surface area contributed by atoms with E-state index in [1.807, 2.05) is 26.1 Å². The van der Waals surface area contributed by atoms with Crippen molar-refractivity contribution in [3.8, 4) is 11.1 Å². The van der Waals surface area contributed by atoms with E-state index < -0.39 is 0 Å². The van der Waals surface area contributed by atoms with Crippen LogP contribution in [0.4, 0.5) is 5.69 Å². The molecule has 2 bridgehead atoms. The van der Waals surface area contributed by atoms with Gasteiger partial charge in [-0.15, -0.1) is 0 Å². The molecule has 1 aromatic heterocycles. The fourth-order valence-electron chi connectivity index (χ4n) is 3.16. The van der Waals surface area contributed by atoms with Crippen LogP contribution in [0, 0.1) is 12.8 Å². The van der Waals surface area contributed by atoms with Crippen molar-refractivity contribution in [2.75, 3.05) is 5.32 Å². The molecule has 2 heterocycles. The second-order valence-electron chi connectivity index (χ2n) is 6.74. The van der Waals surface area contributed by atoms with Gasteiger partial charge in [-0.1, -0.05) is 32.4 Å². The Hall–Kier alpha value is -2.16. The van der Waals surface area contributed by atoms with Crippen LogP contribution < -0.4 is 5.32 Å². The molecule has 3 nitrogen and oxygen atoms in total. The summed E-state index contributed by atoms with van der Waals surface area (Å²) < 4.78 is 0. The highest BCUT2D eigenvalue weighted by Gasteiger charge is 2.18. The van der Waals surface area contributed by atoms with Gasteiger partial charge in [0.15, 0.2) is 0 Å². The van der Waals surface area contributed by atoms with Crippen LogP contribution in [0.3, 0.4) is 0 Å². The van der Waals surface area contributed by atoms with Gasteiger partial charge in [0.1, 0.15) is 0 Å². The maximum atomic E-state index is 12.5. The number of carbonyl (C=O) groups excluding carboxylic acids is 1. The third-order valence-electron chi connectivity index (χ3n) is 4.75.